The van der Waals surface area contributed by atoms with Crippen LogP contribution in [0.4, 0.5) is 0 Å². The van der Waals surface area contributed by atoms with Crippen LogP contribution in [0.3, 0.4) is 0 Å². The number of benzene rings is 7. The summed E-state index contributed by atoms with van der Waals surface area (Å²) >= 11 is 1.69. The summed E-state index contributed by atoms with van der Waals surface area (Å²) in [4.78, 5) is 26.0. The van der Waals surface area contributed by atoms with Crippen LogP contribution in [0.25, 0.3) is 99.0 Å². The molecule has 0 aliphatic rings. The molecule has 7 aromatic carbocycles. The van der Waals surface area contributed by atoms with E-state index in [1.807, 2.05) is 36.4 Å². The van der Waals surface area contributed by atoms with Crippen LogP contribution >= 0.6 is 11.3 Å². The Kier molecular flexibility index (Phi) is 7.59. The normalized spacial score (nSPS) is 11.4. The van der Waals surface area contributed by atoms with Gasteiger partial charge in [-0.15, -0.1) is 11.3 Å². The van der Waals surface area contributed by atoms with Gasteiger partial charge in [0, 0.05) is 32.3 Å². The fourth-order valence-electron chi connectivity index (χ4n) is 6.87. The van der Waals surface area contributed by atoms with E-state index in [9.17, 15) is 0 Å². The summed E-state index contributed by atoms with van der Waals surface area (Å²) in [5.41, 5.74) is 12.3. The molecule has 0 saturated carbocycles. The van der Waals surface area contributed by atoms with E-state index in [1.54, 1.807) is 11.3 Å². The Morgan fingerprint density at radius 1 is 0.321 bits per heavy atom. The van der Waals surface area contributed by atoms with E-state index in [0.29, 0.717) is 17.5 Å². The van der Waals surface area contributed by atoms with Crippen LogP contribution in [0, 0.1) is 0 Å². The fraction of sp³-hybridized carbons (Fsp3) is 0. The molecule has 0 saturated heterocycles. The maximum absolute atomic E-state index is 5.15. The smallest absolute Gasteiger partial charge is 0.164 e. The van der Waals surface area contributed by atoms with E-state index in [2.05, 4.69) is 140 Å². The Morgan fingerprint density at radius 2 is 0.811 bits per heavy atom. The summed E-state index contributed by atoms with van der Waals surface area (Å²) in [7, 11) is 0. The highest BCUT2D eigenvalue weighted by Crippen LogP contribution is 2.36. The van der Waals surface area contributed by atoms with Gasteiger partial charge in [-0.25, -0.2) is 24.9 Å². The quantitative estimate of drug-likeness (QED) is 0.173. The van der Waals surface area contributed by atoms with Crippen LogP contribution in [-0.4, -0.2) is 24.9 Å². The Hall–Kier alpha value is -6.89. The molecular weight excluding hydrogens is 667 g/mol. The van der Waals surface area contributed by atoms with E-state index < -0.39 is 0 Å². The second-order valence-electron chi connectivity index (χ2n) is 12.9. The molecule has 0 aliphatic heterocycles. The first kappa shape index (κ1) is 30.9. The number of rotatable bonds is 6. The molecule has 248 valence electrons. The van der Waals surface area contributed by atoms with E-state index in [0.717, 1.165) is 71.3 Å². The zero-order valence-corrected chi connectivity index (χ0v) is 29.2. The standard InChI is InChI=1S/C47H29N5S/c1-3-11-30(12-4-1)31-21-25-34(26-22-31)45-50-44(33-13-5-2-6-14-33)51-46(52-45)35-27-23-32(24-28-35)36-15-9-16-37(29-36)38-18-10-19-40-42(38)49-47-43(48-40)39-17-7-8-20-41(39)53-47/h1-29H. The molecule has 0 fully saturated rings. The van der Waals surface area contributed by atoms with Gasteiger partial charge in [-0.05, 0) is 46.0 Å². The van der Waals surface area contributed by atoms with Crippen molar-refractivity contribution in [2.45, 2.75) is 0 Å². The molecule has 0 aliphatic carbocycles. The third-order valence-corrected chi connectivity index (χ3v) is 10.6. The molecule has 0 amide bonds. The van der Waals surface area contributed by atoms with Crippen LogP contribution in [-0.2, 0) is 0 Å². The zero-order chi connectivity index (χ0) is 35.1. The summed E-state index contributed by atoms with van der Waals surface area (Å²) in [5, 5.41) is 1.15. The largest absolute Gasteiger partial charge is 0.243 e. The van der Waals surface area contributed by atoms with Gasteiger partial charge in [0.15, 0.2) is 17.5 Å². The van der Waals surface area contributed by atoms with Crippen molar-refractivity contribution in [1.82, 2.24) is 24.9 Å². The Balaban J connectivity index is 1.000. The van der Waals surface area contributed by atoms with Gasteiger partial charge in [0.1, 0.15) is 10.3 Å². The van der Waals surface area contributed by atoms with E-state index in [-0.39, 0.29) is 0 Å². The summed E-state index contributed by atoms with van der Waals surface area (Å²) in [6.07, 6.45) is 0. The van der Waals surface area contributed by atoms with Crippen LogP contribution in [0.1, 0.15) is 0 Å². The lowest BCUT2D eigenvalue weighted by Gasteiger charge is -2.11. The summed E-state index contributed by atoms with van der Waals surface area (Å²) in [6, 6.07) is 60.6. The second kappa shape index (κ2) is 13.0. The molecule has 0 N–H and O–H groups in total. The molecule has 10 rings (SSSR count). The molecule has 5 nitrogen and oxygen atoms in total. The van der Waals surface area contributed by atoms with Gasteiger partial charge < -0.3 is 0 Å². The maximum Gasteiger partial charge on any atom is 0.164 e. The number of nitrogens with zero attached hydrogens (tertiary/aromatic N) is 5. The van der Waals surface area contributed by atoms with Gasteiger partial charge in [-0.2, -0.15) is 0 Å². The highest BCUT2D eigenvalue weighted by atomic mass is 32.1. The van der Waals surface area contributed by atoms with Crippen molar-refractivity contribution in [3.8, 4) is 67.5 Å². The summed E-state index contributed by atoms with van der Waals surface area (Å²) < 4.78 is 1.20. The first-order valence-electron chi connectivity index (χ1n) is 17.5. The van der Waals surface area contributed by atoms with Gasteiger partial charge in [0.25, 0.3) is 0 Å². The van der Waals surface area contributed by atoms with Crippen molar-refractivity contribution < 1.29 is 0 Å². The molecule has 6 heteroatoms. The third kappa shape index (κ3) is 5.81. The van der Waals surface area contributed by atoms with Gasteiger partial charge in [0.2, 0.25) is 0 Å². The molecule has 0 atom stereocenters. The highest BCUT2D eigenvalue weighted by molar-refractivity contribution is 7.25. The van der Waals surface area contributed by atoms with Crippen molar-refractivity contribution in [1.29, 1.82) is 0 Å². The molecule has 53 heavy (non-hydrogen) atoms. The molecular formula is C47H29N5S. The predicted molar refractivity (Wildman–Crippen MR) is 218 cm³/mol. The lowest BCUT2D eigenvalue weighted by Crippen LogP contribution is -2.00. The van der Waals surface area contributed by atoms with Gasteiger partial charge >= 0.3 is 0 Å². The number of thiophene rings is 1. The number of para-hydroxylation sites is 1. The van der Waals surface area contributed by atoms with Crippen molar-refractivity contribution in [2.24, 2.45) is 0 Å². The molecule has 3 aromatic heterocycles. The predicted octanol–water partition coefficient (Wildman–Crippen LogP) is 12.2. The van der Waals surface area contributed by atoms with Crippen molar-refractivity contribution in [3.63, 3.8) is 0 Å². The molecule has 10 aromatic rings. The maximum atomic E-state index is 5.15. The average molecular weight is 696 g/mol. The number of hydrogen-bond acceptors (Lipinski definition) is 6. The van der Waals surface area contributed by atoms with Crippen LogP contribution in [0.15, 0.2) is 176 Å². The molecule has 0 radical (unpaired) electrons. The minimum atomic E-state index is 0.628. The Morgan fingerprint density at radius 3 is 1.49 bits per heavy atom. The molecule has 3 heterocycles. The van der Waals surface area contributed by atoms with Crippen molar-refractivity contribution in [2.75, 3.05) is 0 Å². The SMILES string of the molecule is c1ccc(-c2ccc(-c3nc(-c4ccccc4)nc(-c4ccc(-c5cccc(-c6cccc7nc8c(nc67)sc6ccccc68)c5)cc4)n3)cc2)cc1. The van der Waals surface area contributed by atoms with Gasteiger partial charge in [-0.3, -0.25) is 0 Å². The summed E-state index contributed by atoms with van der Waals surface area (Å²) in [5.74, 6) is 1.90. The molecule has 0 spiro atoms. The van der Waals surface area contributed by atoms with Crippen molar-refractivity contribution >= 4 is 42.8 Å². The van der Waals surface area contributed by atoms with Crippen LogP contribution in [0.2, 0.25) is 0 Å². The topological polar surface area (TPSA) is 64.5 Å². The van der Waals surface area contributed by atoms with E-state index >= 15 is 0 Å². The number of fused-ring (bicyclic) bond motifs is 4. The average Bonchev–Trinajstić information content (AvgIpc) is 3.60. The first-order chi connectivity index (χ1) is 26.2. The Bertz CT molecular complexity index is 2920. The second-order valence-corrected chi connectivity index (χ2v) is 14.0. The first-order valence-corrected chi connectivity index (χ1v) is 18.3. The van der Waals surface area contributed by atoms with Crippen LogP contribution < -0.4 is 0 Å². The van der Waals surface area contributed by atoms with E-state index in [4.69, 9.17) is 24.9 Å². The lowest BCUT2D eigenvalue weighted by molar-refractivity contribution is 1.07. The third-order valence-electron chi connectivity index (χ3n) is 9.58. The van der Waals surface area contributed by atoms with Gasteiger partial charge in [-0.1, -0.05) is 158 Å². The number of hydrogen-bond donors (Lipinski definition) is 0. The minimum Gasteiger partial charge on any atom is -0.243 e. The lowest BCUT2D eigenvalue weighted by atomic mass is 9.97. The molecule has 0 unspecified atom stereocenters. The Labute approximate surface area is 310 Å². The zero-order valence-electron chi connectivity index (χ0n) is 28.4. The molecule has 0 bridgehead atoms. The van der Waals surface area contributed by atoms with Crippen molar-refractivity contribution in [3.05, 3.63) is 176 Å². The van der Waals surface area contributed by atoms with Gasteiger partial charge in [0.05, 0.1) is 11.0 Å². The van der Waals surface area contributed by atoms with E-state index in [1.165, 1.54) is 10.3 Å². The minimum absolute atomic E-state index is 0.628. The fourth-order valence-corrected chi connectivity index (χ4v) is 7.89. The summed E-state index contributed by atoms with van der Waals surface area (Å²) in [6.45, 7) is 0. The number of aromatic nitrogens is 5. The highest BCUT2D eigenvalue weighted by Gasteiger charge is 2.15. The monoisotopic (exact) mass is 695 g/mol. The van der Waals surface area contributed by atoms with Crippen LogP contribution in [0.5, 0.6) is 0 Å².